The highest BCUT2D eigenvalue weighted by molar-refractivity contribution is 7.89. The second-order valence-corrected chi connectivity index (χ2v) is 9.43. The zero-order valence-electron chi connectivity index (χ0n) is 17.0. The Hall–Kier alpha value is -2.44. The summed E-state index contributed by atoms with van der Waals surface area (Å²) in [5.41, 5.74) is 3.01. The van der Waals surface area contributed by atoms with E-state index in [1.54, 1.807) is 18.2 Å². The molecule has 5 nitrogen and oxygen atoms in total. The van der Waals surface area contributed by atoms with Gasteiger partial charge in [-0.05, 0) is 47.7 Å². The maximum atomic E-state index is 12.4. The molecule has 1 N–H and O–H groups in total. The fourth-order valence-corrected chi connectivity index (χ4v) is 3.78. The topological polar surface area (TPSA) is 66.5 Å². The van der Waals surface area contributed by atoms with Crippen molar-refractivity contribution < 1.29 is 13.2 Å². The molecule has 0 spiro atoms. The lowest BCUT2D eigenvalue weighted by Crippen LogP contribution is -2.30. The van der Waals surface area contributed by atoms with E-state index >= 15 is 0 Å². The average molecular weight is 401 g/mol. The summed E-state index contributed by atoms with van der Waals surface area (Å²) in [7, 11) is -0.469. The summed E-state index contributed by atoms with van der Waals surface area (Å²) >= 11 is 0. The van der Waals surface area contributed by atoms with Crippen LogP contribution in [0.3, 0.4) is 0 Å². The molecule has 2 aromatic rings. The molecule has 28 heavy (non-hydrogen) atoms. The number of rotatable bonds is 7. The van der Waals surface area contributed by atoms with Crippen LogP contribution in [-0.4, -0.2) is 32.7 Å². The number of hydrogen-bond donors (Lipinski definition) is 1. The van der Waals surface area contributed by atoms with E-state index in [0.29, 0.717) is 0 Å². The Morgan fingerprint density at radius 2 is 1.64 bits per heavy atom. The maximum absolute atomic E-state index is 12.4. The van der Waals surface area contributed by atoms with Crippen molar-refractivity contribution in [1.29, 1.82) is 0 Å². The van der Waals surface area contributed by atoms with Crippen LogP contribution < -0.4 is 5.32 Å². The number of nitrogens with one attached hydrogen (secondary N) is 1. The molecule has 1 unspecified atom stereocenters. The van der Waals surface area contributed by atoms with Crippen LogP contribution in [0.4, 0.5) is 0 Å². The van der Waals surface area contributed by atoms with E-state index in [0.717, 1.165) is 16.7 Å². The van der Waals surface area contributed by atoms with Crippen LogP contribution in [-0.2, 0) is 14.8 Å². The lowest BCUT2D eigenvalue weighted by atomic mass is 9.92. The van der Waals surface area contributed by atoms with E-state index in [1.807, 2.05) is 31.2 Å². The zero-order chi connectivity index (χ0) is 20.9. The van der Waals surface area contributed by atoms with Gasteiger partial charge in [0.05, 0.1) is 10.9 Å². The Kier molecular flexibility index (Phi) is 7.16. The molecule has 0 aliphatic heterocycles. The van der Waals surface area contributed by atoms with Gasteiger partial charge in [-0.2, -0.15) is 0 Å². The first-order chi connectivity index (χ1) is 13.1. The number of benzene rings is 2. The van der Waals surface area contributed by atoms with Gasteiger partial charge in [0.25, 0.3) is 0 Å². The smallest absolute Gasteiger partial charge is 0.244 e. The third-order valence-electron chi connectivity index (χ3n) is 4.57. The van der Waals surface area contributed by atoms with Crippen LogP contribution in [0.25, 0.3) is 6.08 Å². The van der Waals surface area contributed by atoms with Gasteiger partial charge >= 0.3 is 0 Å². The third kappa shape index (κ3) is 5.30. The molecule has 2 aromatic carbocycles. The molecule has 0 aromatic heterocycles. The number of amides is 1. The number of aryl methyl sites for hydroxylation is 1. The number of carbonyl (C=O) groups is 1. The van der Waals surface area contributed by atoms with E-state index in [9.17, 15) is 13.2 Å². The lowest BCUT2D eigenvalue weighted by Gasteiger charge is -2.24. The standard InChI is InChI=1S/C22H28N2O3S/c1-16(2)22(20-9-7-6-8-17(20)3)23-21(25)15-12-18-10-13-19(14-11-18)28(26,27)24(4)5/h6-16,22H,1-5H3,(H,23,25)/b15-12+. The highest BCUT2D eigenvalue weighted by Gasteiger charge is 2.19. The third-order valence-corrected chi connectivity index (χ3v) is 6.40. The van der Waals surface area contributed by atoms with Crippen molar-refractivity contribution in [3.05, 3.63) is 71.3 Å². The molecule has 0 saturated carbocycles. The van der Waals surface area contributed by atoms with Crippen molar-refractivity contribution in [2.45, 2.75) is 31.7 Å². The second kappa shape index (κ2) is 9.17. The lowest BCUT2D eigenvalue weighted by molar-refractivity contribution is -0.117. The first-order valence-corrected chi connectivity index (χ1v) is 10.6. The van der Waals surface area contributed by atoms with Gasteiger partial charge in [-0.3, -0.25) is 4.79 Å². The predicted octanol–water partition coefficient (Wildman–Crippen LogP) is 3.77. The molecule has 0 aliphatic carbocycles. The largest absolute Gasteiger partial charge is 0.345 e. The molecular formula is C22H28N2O3S. The fraction of sp³-hybridized carbons (Fsp3) is 0.318. The minimum Gasteiger partial charge on any atom is -0.345 e. The van der Waals surface area contributed by atoms with Crippen LogP contribution in [0.2, 0.25) is 0 Å². The molecule has 0 fully saturated rings. The number of nitrogens with zero attached hydrogens (tertiary/aromatic N) is 1. The minimum atomic E-state index is -3.46. The SMILES string of the molecule is Cc1ccccc1C(NC(=O)/C=C/c1ccc(S(=O)(=O)N(C)C)cc1)C(C)C. The molecule has 0 bridgehead atoms. The van der Waals surface area contributed by atoms with Gasteiger partial charge < -0.3 is 5.32 Å². The number of sulfonamides is 1. The fourth-order valence-electron chi connectivity index (χ4n) is 2.87. The van der Waals surface area contributed by atoms with E-state index < -0.39 is 10.0 Å². The average Bonchev–Trinajstić information content (AvgIpc) is 2.65. The van der Waals surface area contributed by atoms with Gasteiger partial charge in [0.2, 0.25) is 15.9 Å². The van der Waals surface area contributed by atoms with Crippen molar-refractivity contribution in [3.8, 4) is 0 Å². The molecule has 0 radical (unpaired) electrons. The Balaban J connectivity index is 2.11. The summed E-state index contributed by atoms with van der Waals surface area (Å²) < 4.78 is 25.4. The molecule has 2 rings (SSSR count). The number of carbonyl (C=O) groups excluding carboxylic acids is 1. The molecule has 0 heterocycles. The van der Waals surface area contributed by atoms with E-state index in [-0.39, 0.29) is 22.8 Å². The van der Waals surface area contributed by atoms with E-state index in [4.69, 9.17) is 0 Å². The van der Waals surface area contributed by atoms with Crippen molar-refractivity contribution >= 4 is 22.0 Å². The normalized spacial score (nSPS) is 13.2. The van der Waals surface area contributed by atoms with Crippen LogP contribution >= 0.6 is 0 Å². The van der Waals surface area contributed by atoms with Gasteiger partial charge in [0.15, 0.2) is 0 Å². The first-order valence-electron chi connectivity index (χ1n) is 9.19. The molecule has 0 saturated heterocycles. The Labute approximate surface area is 168 Å². The Morgan fingerprint density at radius 1 is 1.04 bits per heavy atom. The summed E-state index contributed by atoms with van der Waals surface area (Å²) in [6, 6.07) is 14.4. The molecule has 150 valence electrons. The van der Waals surface area contributed by atoms with Crippen LogP contribution in [0.15, 0.2) is 59.5 Å². The molecule has 1 atom stereocenters. The highest BCUT2D eigenvalue weighted by atomic mass is 32.2. The molecule has 6 heteroatoms. The Morgan fingerprint density at radius 3 is 2.18 bits per heavy atom. The molecule has 1 amide bonds. The van der Waals surface area contributed by atoms with Crippen LogP contribution in [0, 0.1) is 12.8 Å². The summed E-state index contributed by atoms with van der Waals surface area (Å²) in [4.78, 5) is 12.7. The summed E-state index contributed by atoms with van der Waals surface area (Å²) in [5, 5.41) is 3.07. The van der Waals surface area contributed by atoms with E-state index in [1.165, 1.54) is 36.6 Å². The Bertz CT molecular complexity index is 946. The second-order valence-electron chi connectivity index (χ2n) is 7.28. The number of hydrogen-bond acceptors (Lipinski definition) is 3. The van der Waals surface area contributed by atoms with Crippen molar-refractivity contribution in [2.24, 2.45) is 5.92 Å². The maximum Gasteiger partial charge on any atom is 0.244 e. The van der Waals surface area contributed by atoms with Crippen LogP contribution in [0.5, 0.6) is 0 Å². The molecular weight excluding hydrogens is 372 g/mol. The van der Waals surface area contributed by atoms with E-state index in [2.05, 4.69) is 19.2 Å². The quantitative estimate of drug-likeness (QED) is 0.720. The summed E-state index contributed by atoms with van der Waals surface area (Å²) in [6.07, 6.45) is 3.15. The highest BCUT2D eigenvalue weighted by Crippen LogP contribution is 2.24. The van der Waals surface area contributed by atoms with Crippen molar-refractivity contribution in [3.63, 3.8) is 0 Å². The van der Waals surface area contributed by atoms with Gasteiger partial charge in [-0.15, -0.1) is 0 Å². The monoisotopic (exact) mass is 400 g/mol. The van der Waals surface area contributed by atoms with Gasteiger partial charge in [0, 0.05) is 20.2 Å². The van der Waals surface area contributed by atoms with Gasteiger partial charge in [0.1, 0.15) is 0 Å². The van der Waals surface area contributed by atoms with Gasteiger partial charge in [-0.1, -0.05) is 50.2 Å². The van der Waals surface area contributed by atoms with Crippen molar-refractivity contribution in [1.82, 2.24) is 9.62 Å². The summed E-state index contributed by atoms with van der Waals surface area (Å²) in [5.74, 6) is 0.0564. The minimum absolute atomic E-state index is 0.0778. The van der Waals surface area contributed by atoms with Crippen molar-refractivity contribution in [2.75, 3.05) is 14.1 Å². The predicted molar refractivity (Wildman–Crippen MR) is 113 cm³/mol. The zero-order valence-corrected chi connectivity index (χ0v) is 17.8. The molecule has 0 aliphatic rings. The van der Waals surface area contributed by atoms with Crippen LogP contribution in [0.1, 0.15) is 36.6 Å². The van der Waals surface area contributed by atoms with Gasteiger partial charge in [-0.25, -0.2) is 12.7 Å². The summed E-state index contributed by atoms with van der Waals surface area (Å²) in [6.45, 7) is 6.19. The first kappa shape index (κ1) is 21.9.